The number of hydrogen-bond donors (Lipinski definition) is 0. The first kappa shape index (κ1) is 23.1. The minimum atomic E-state index is -1.35. The number of aromatic nitrogens is 1. The molecular weight excluding hydrogens is 411 g/mol. The van der Waals surface area contributed by atoms with Gasteiger partial charge in [-0.3, -0.25) is 0 Å². The number of carbonyl (C=O) groups is 1. The molecule has 0 saturated carbocycles. The Labute approximate surface area is 200 Å². The summed E-state index contributed by atoms with van der Waals surface area (Å²) in [5.41, 5.74) is 3.03. The minimum Gasteiger partial charge on any atom is -0.543 e. The summed E-state index contributed by atoms with van der Waals surface area (Å²) in [6, 6.07) is 15.2. The molecule has 0 atom stereocenters. The van der Waals surface area contributed by atoms with Crippen LogP contribution in [0.2, 0.25) is 0 Å². The summed E-state index contributed by atoms with van der Waals surface area (Å²) in [6.07, 6.45) is 2.18. The van der Waals surface area contributed by atoms with Gasteiger partial charge in [0.2, 0.25) is 0 Å². The molecule has 31 heavy (non-hydrogen) atoms. The molecule has 4 rings (SSSR count). The van der Waals surface area contributed by atoms with Crippen LogP contribution in [0.25, 0.3) is 11.1 Å². The van der Waals surface area contributed by atoms with Crippen LogP contribution in [-0.2, 0) is 6.61 Å². The largest absolute Gasteiger partial charge is 1.00 e. The summed E-state index contributed by atoms with van der Waals surface area (Å²) in [6.45, 7) is 0.00629. The number of carboxylic acid groups (broad SMARTS) is 1. The van der Waals surface area contributed by atoms with E-state index in [1.54, 1.807) is 30.3 Å². The zero-order valence-corrected chi connectivity index (χ0v) is 19.0. The molecule has 7 heteroatoms. The van der Waals surface area contributed by atoms with Crippen LogP contribution >= 0.6 is 0 Å². The van der Waals surface area contributed by atoms with E-state index in [4.69, 9.17) is 4.74 Å². The van der Waals surface area contributed by atoms with Crippen LogP contribution in [0.1, 0.15) is 46.6 Å². The van der Waals surface area contributed by atoms with Crippen LogP contribution < -0.4 is 39.4 Å². The Morgan fingerprint density at radius 3 is 2.55 bits per heavy atom. The number of carbonyl (C=O) groups excluding carboxylic acids is 1. The second kappa shape index (κ2) is 10.2. The number of hydrogen-bond acceptors (Lipinski definition) is 4. The molecule has 1 heterocycles. The molecule has 3 aromatic rings. The van der Waals surface area contributed by atoms with Crippen LogP contribution in [-0.4, -0.2) is 11.0 Å². The number of pyridine rings is 1. The van der Waals surface area contributed by atoms with Gasteiger partial charge in [-0.15, -0.1) is 0 Å². The van der Waals surface area contributed by atoms with Gasteiger partial charge in [0.25, 0.3) is 0 Å². The van der Waals surface area contributed by atoms with E-state index < -0.39 is 11.8 Å². The molecule has 2 aromatic carbocycles. The van der Waals surface area contributed by atoms with Crippen molar-refractivity contribution < 1.29 is 53.0 Å². The molecule has 0 saturated heterocycles. The van der Waals surface area contributed by atoms with Crippen LogP contribution in [0.4, 0.5) is 8.78 Å². The summed E-state index contributed by atoms with van der Waals surface area (Å²) >= 11 is 0. The summed E-state index contributed by atoms with van der Waals surface area (Å²) in [4.78, 5) is 15.4. The summed E-state index contributed by atoms with van der Waals surface area (Å²) < 4.78 is 33.9. The van der Waals surface area contributed by atoms with Crippen molar-refractivity contribution in [2.45, 2.75) is 25.9 Å². The van der Waals surface area contributed by atoms with Gasteiger partial charge in [0.05, 0.1) is 17.4 Å². The van der Waals surface area contributed by atoms with Gasteiger partial charge in [0, 0.05) is 11.1 Å². The maximum atomic E-state index is 14.1. The average molecular weight is 429 g/mol. The zero-order valence-electron chi connectivity index (χ0n) is 17.0. The molecule has 0 amide bonds. The topological polar surface area (TPSA) is 62.2 Å². The third kappa shape index (κ3) is 5.21. The van der Waals surface area contributed by atoms with Crippen LogP contribution in [0.5, 0.6) is 5.75 Å². The third-order valence-corrected chi connectivity index (χ3v) is 5.09. The monoisotopic (exact) mass is 429 g/mol. The van der Waals surface area contributed by atoms with Crippen molar-refractivity contribution in [3.63, 3.8) is 0 Å². The number of rotatable bonds is 6. The van der Waals surface area contributed by atoms with E-state index in [-0.39, 0.29) is 47.7 Å². The van der Waals surface area contributed by atoms with E-state index in [1.165, 1.54) is 30.3 Å². The van der Waals surface area contributed by atoms with Gasteiger partial charge in [0.15, 0.2) is 0 Å². The number of carboxylic acids is 1. The zero-order chi connectivity index (χ0) is 21.1. The van der Waals surface area contributed by atoms with Crippen molar-refractivity contribution in [2.75, 3.05) is 0 Å². The fourth-order valence-electron chi connectivity index (χ4n) is 3.67. The van der Waals surface area contributed by atoms with E-state index in [9.17, 15) is 18.7 Å². The maximum Gasteiger partial charge on any atom is 1.00 e. The van der Waals surface area contributed by atoms with Crippen molar-refractivity contribution in [1.29, 1.82) is 0 Å². The summed E-state index contributed by atoms with van der Waals surface area (Å²) in [7, 11) is 0. The van der Waals surface area contributed by atoms with E-state index in [0.717, 1.165) is 17.6 Å². The van der Waals surface area contributed by atoms with E-state index in [2.05, 4.69) is 4.98 Å². The van der Waals surface area contributed by atoms with Gasteiger partial charge >= 0.3 is 29.6 Å². The van der Waals surface area contributed by atoms with E-state index in [1.807, 2.05) is 0 Å². The molecule has 1 aliphatic rings. The second-order valence-corrected chi connectivity index (χ2v) is 7.03. The second-order valence-electron chi connectivity index (χ2n) is 7.03. The normalized spacial score (nSPS) is 13.1. The number of ether oxygens (including phenoxy) is 1. The molecule has 1 aromatic heterocycles. The standard InChI is InChI=1S/C24H19F2NO3.Na/c25-16-11-12-23(30-14-15-5-1-2-8-20(15)26)19(13-16)17-6-3-7-18(17)21-9-4-10-22(27-21)24(28)29;/h1-2,4-5,8-13H,3,6-7,14H2,(H,28,29);/q;+1/p-1. The molecule has 0 unspecified atom stereocenters. The minimum absolute atomic E-state index is 0. The van der Waals surface area contributed by atoms with E-state index in [0.29, 0.717) is 35.4 Å². The smallest absolute Gasteiger partial charge is 0.543 e. The van der Waals surface area contributed by atoms with Gasteiger partial charge in [-0.1, -0.05) is 24.3 Å². The average Bonchev–Trinajstić information content (AvgIpc) is 3.24. The first-order valence-corrected chi connectivity index (χ1v) is 9.60. The summed E-state index contributed by atoms with van der Waals surface area (Å²) in [5.74, 6) is -1.70. The predicted octanol–water partition coefficient (Wildman–Crippen LogP) is 1.40. The van der Waals surface area contributed by atoms with Crippen molar-refractivity contribution in [3.05, 3.63) is 94.8 Å². The van der Waals surface area contributed by atoms with Crippen molar-refractivity contribution in [3.8, 4) is 5.75 Å². The van der Waals surface area contributed by atoms with Gasteiger partial charge in [0.1, 0.15) is 24.0 Å². The molecule has 0 fully saturated rings. The van der Waals surface area contributed by atoms with Crippen LogP contribution in [0, 0.1) is 11.6 Å². The Balaban J connectivity index is 0.00000272. The number of halogens is 2. The first-order chi connectivity index (χ1) is 14.5. The molecular formula is C24H18F2NNaO3. The molecule has 0 aliphatic heterocycles. The number of allylic oxidation sites excluding steroid dienone is 2. The van der Waals surface area contributed by atoms with Gasteiger partial charge in [-0.2, -0.15) is 0 Å². The molecule has 1 aliphatic carbocycles. The Morgan fingerprint density at radius 1 is 1.00 bits per heavy atom. The molecule has 0 spiro atoms. The fourth-order valence-corrected chi connectivity index (χ4v) is 3.67. The number of benzene rings is 2. The molecule has 0 bridgehead atoms. The van der Waals surface area contributed by atoms with Crippen LogP contribution in [0.15, 0.2) is 60.7 Å². The fraction of sp³-hybridized carbons (Fsp3) is 0.167. The first-order valence-electron chi connectivity index (χ1n) is 9.60. The summed E-state index contributed by atoms with van der Waals surface area (Å²) in [5, 5.41) is 11.2. The molecule has 0 radical (unpaired) electrons. The van der Waals surface area contributed by atoms with Gasteiger partial charge in [-0.25, -0.2) is 13.8 Å². The third-order valence-electron chi connectivity index (χ3n) is 5.09. The Morgan fingerprint density at radius 2 is 1.77 bits per heavy atom. The molecule has 4 nitrogen and oxygen atoms in total. The van der Waals surface area contributed by atoms with Crippen molar-refractivity contribution in [1.82, 2.24) is 4.98 Å². The Hall–Kier alpha value is -2.54. The SMILES string of the molecule is O=C([O-])c1cccc(C2=C(c3cc(F)ccc3OCc3ccccc3F)CCC2)n1.[Na+]. The van der Waals surface area contributed by atoms with Crippen molar-refractivity contribution in [2.24, 2.45) is 0 Å². The van der Waals surface area contributed by atoms with Crippen molar-refractivity contribution >= 4 is 17.1 Å². The Bertz CT molecular complexity index is 1150. The van der Waals surface area contributed by atoms with Gasteiger partial charge < -0.3 is 14.6 Å². The predicted molar refractivity (Wildman–Crippen MR) is 106 cm³/mol. The molecule has 0 N–H and O–H groups in total. The maximum absolute atomic E-state index is 14.1. The number of aromatic carboxylic acids is 1. The quantitative estimate of drug-likeness (QED) is 0.556. The van der Waals surface area contributed by atoms with Crippen LogP contribution in [0.3, 0.4) is 0 Å². The number of nitrogens with zero attached hydrogens (tertiary/aromatic N) is 1. The Kier molecular flexibility index (Phi) is 7.59. The van der Waals surface area contributed by atoms with Gasteiger partial charge in [-0.05, 0) is 66.8 Å². The van der Waals surface area contributed by atoms with E-state index >= 15 is 0 Å². The molecule has 152 valence electrons.